The van der Waals surface area contributed by atoms with Gasteiger partial charge in [0, 0.05) is 11.6 Å². The van der Waals surface area contributed by atoms with E-state index < -0.39 is 40.7 Å². The van der Waals surface area contributed by atoms with Gasteiger partial charge in [-0.2, -0.15) is 18.2 Å². The molecule has 4 aromatic rings. The highest BCUT2D eigenvalue weighted by atomic mass is 19.4. The first-order valence-corrected chi connectivity index (χ1v) is 9.24. The van der Waals surface area contributed by atoms with Crippen LogP contribution < -0.4 is 15.0 Å². The van der Waals surface area contributed by atoms with Crippen LogP contribution in [0.4, 0.5) is 22.0 Å². The van der Waals surface area contributed by atoms with Crippen LogP contribution in [0.25, 0.3) is 10.9 Å². The SMILES string of the molecule is COc1ncnc(Oc2ccc3c(c2)c(=O)ncn3Cc2ccc(F)cc2F)c1C(F)(F)F. The Morgan fingerprint density at radius 3 is 2.45 bits per heavy atom. The molecule has 0 N–H and O–H groups in total. The van der Waals surface area contributed by atoms with Gasteiger partial charge in [0.15, 0.2) is 5.56 Å². The number of ether oxygens (including phenoxy) is 2. The molecule has 0 aliphatic heterocycles. The van der Waals surface area contributed by atoms with Gasteiger partial charge < -0.3 is 14.0 Å². The third kappa shape index (κ3) is 4.45. The van der Waals surface area contributed by atoms with Crippen molar-refractivity contribution in [3.8, 4) is 17.5 Å². The van der Waals surface area contributed by atoms with Crippen molar-refractivity contribution < 1.29 is 31.4 Å². The van der Waals surface area contributed by atoms with Crippen LogP contribution >= 0.6 is 0 Å². The third-order valence-corrected chi connectivity index (χ3v) is 4.65. The highest BCUT2D eigenvalue weighted by molar-refractivity contribution is 5.79. The summed E-state index contributed by atoms with van der Waals surface area (Å²) < 4.78 is 79.0. The number of fused-ring (bicyclic) bond motifs is 1. The monoisotopic (exact) mass is 464 g/mol. The van der Waals surface area contributed by atoms with Gasteiger partial charge in [0.05, 0.1) is 30.9 Å². The zero-order valence-corrected chi connectivity index (χ0v) is 16.7. The van der Waals surface area contributed by atoms with Gasteiger partial charge in [-0.3, -0.25) is 4.79 Å². The maximum atomic E-state index is 14.0. The number of rotatable bonds is 5. The van der Waals surface area contributed by atoms with E-state index in [-0.39, 0.29) is 23.2 Å². The fourth-order valence-electron chi connectivity index (χ4n) is 3.15. The largest absolute Gasteiger partial charge is 0.480 e. The molecule has 0 aliphatic carbocycles. The van der Waals surface area contributed by atoms with Gasteiger partial charge in [-0.05, 0) is 24.3 Å². The second-order valence-corrected chi connectivity index (χ2v) is 6.76. The lowest BCUT2D eigenvalue weighted by atomic mass is 10.2. The van der Waals surface area contributed by atoms with Crippen molar-refractivity contribution >= 4 is 10.9 Å². The summed E-state index contributed by atoms with van der Waals surface area (Å²) in [5, 5.41) is 0.00657. The summed E-state index contributed by atoms with van der Waals surface area (Å²) in [6.07, 6.45) is -2.84. The van der Waals surface area contributed by atoms with Crippen LogP contribution in [0.2, 0.25) is 0 Å². The van der Waals surface area contributed by atoms with Crippen LogP contribution in [-0.2, 0) is 12.7 Å². The summed E-state index contributed by atoms with van der Waals surface area (Å²) in [5.41, 5.74) is -1.54. The van der Waals surface area contributed by atoms with Gasteiger partial charge in [-0.15, -0.1) is 0 Å². The van der Waals surface area contributed by atoms with Gasteiger partial charge >= 0.3 is 6.18 Å². The van der Waals surface area contributed by atoms with Crippen molar-refractivity contribution in [3.05, 3.63) is 82.2 Å². The molecule has 33 heavy (non-hydrogen) atoms. The molecule has 7 nitrogen and oxygen atoms in total. The summed E-state index contributed by atoms with van der Waals surface area (Å²) in [6.45, 7) is -0.0720. The van der Waals surface area contributed by atoms with Crippen LogP contribution in [0.15, 0.2) is 53.8 Å². The molecule has 4 rings (SSSR count). The van der Waals surface area contributed by atoms with E-state index in [1.165, 1.54) is 35.2 Å². The Kier molecular flexibility index (Phi) is 5.66. The zero-order chi connectivity index (χ0) is 23.8. The number of alkyl halides is 3. The summed E-state index contributed by atoms with van der Waals surface area (Å²) in [7, 11) is 1.02. The Bertz CT molecular complexity index is 1410. The molecule has 2 heterocycles. The van der Waals surface area contributed by atoms with E-state index in [0.29, 0.717) is 5.52 Å². The second-order valence-electron chi connectivity index (χ2n) is 6.76. The molecular weight excluding hydrogens is 451 g/mol. The van der Waals surface area contributed by atoms with Gasteiger partial charge in [0.25, 0.3) is 5.56 Å². The molecule has 0 unspecified atom stereocenters. The Balaban J connectivity index is 1.74. The topological polar surface area (TPSA) is 79.1 Å². The van der Waals surface area contributed by atoms with Crippen LogP contribution in [0.5, 0.6) is 17.5 Å². The van der Waals surface area contributed by atoms with Gasteiger partial charge in [-0.1, -0.05) is 6.07 Å². The number of methoxy groups -OCH3 is 1. The molecule has 0 bridgehead atoms. The maximum Gasteiger partial charge on any atom is 0.426 e. The lowest BCUT2D eigenvalue weighted by Crippen LogP contribution is -2.14. The van der Waals surface area contributed by atoms with Gasteiger partial charge in [-0.25, -0.2) is 18.7 Å². The summed E-state index contributed by atoms with van der Waals surface area (Å²) in [5.74, 6) is -3.18. The summed E-state index contributed by atoms with van der Waals surface area (Å²) in [6, 6.07) is 6.99. The average molecular weight is 464 g/mol. The van der Waals surface area contributed by atoms with E-state index in [4.69, 9.17) is 4.74 Å². The zero-order valence-electron chi connectivity index (χ0n) is 16.7. The molecule has 0 amide bonds. The maximum absolute atomic E-state index is 14.0. The third-order valence-electron chi connectivity index (χ3n) is 4.65. The molecule has 0 atom stereocenters. The first-order chi connectivity index (χ1) is 15.7. The van der Waals surface area contributed by atoms with E-state index >= 15 is 0 Å². The quantitative estimate of drug-likeness (QED) is 0.409. The molecule has 2 aromatic carbocycles. The van der Waals surface area contributed by atoms with Crippen molar-refractivity contribution in [2.75, 3.05) is 7.11 Å². The van der Waals surface area contributed by atoms with E-state index in [9.17, 15) is 26.7 Å². The average Bonchev–Trinajstić information content (AvgIpc) is 2.76. The van der Waals surface area contributed by atoms with Gasteiger partial charge in [0.2, 0.25) is 11.8 Å². The molecular formula is C21H13F5N4O3. The molecule has 0 aliphatic rings. The smallest absolute Gasteiger partial charge is 0.426 e. The lowest BCUT2D eigenvalue weighted by molar-refractivity contribution is -0.140. The highest BCUT2D eigenvalue weighted by Gasteiger charge is 2.40. The van der Waals surface area contributed by atoms with E-state index in [1.54, 1.807) is 0 Å². The van der Waals surface area contributed by atoms with Crippen molar-refractivity contribution in [1.82, 2.24) is 19.5 Å². The molecule has 0 saturated heterocycles. The van der Waals surface area contributed by atoms with E-state index in [1.807, 2.05) is 0 Å². The lowest BCUT2D eigenvalue weighted by Gasteiger charge is -2.15. The molecule has 2 aromatic heterocycles. The van der Waals surface area contributed by atoms with Crippen LogP contribution in [0.3, 0.4) is 0 Å². The molecule has 0 radical (unpaired) electrons. The Hall–Kier alpha value is -4.09. The number of hydrogen-bond acceptors (Lipinski definition) is 6. The minimum atomic E-state index is -4.87. The summed E-state index contributed by atoms with van der Waals surface area (Å²) in [4.78, 5) is 23.0. The minimum Gasteiger partial charge on any atom is -0.480 e. The van der Waals surface area contributed by atoms with Crippen molar-refractivity contribution in [2.24, 2.45) is 0 Å². The molecule has 12 heteroatoms. The van der Waals surface area contributed by atoms with Crippen LogP contribution in [0.1, 0.15) is 11.1 Å². The highest BCUT2D eigenvalue weighted by Crippen LogP contribution is 2.41. The predicted molar refractivity (Wildman–Crippen MR) is 105 cm³/mol. The second kappa shape index (κ2) is 8.45. The number of nitrogens with zero attached hydrogens (tertiary/aromatic N) is 4. The molecule has 170 valence electrons. The van der Waals surface area contributed by atoms with E-state index in [2.05, 4.69) is 19.7 Å². The standard InChI is InChI=1S/C21H13F5N4O3/c1-32-19-17(21(24,25)26)20(28-9-27-19)33-13-4-5-16-14(7-13)18(31)29-10-30(16)8-11-2-3-12(22)6-15(11)23/h2-7,9-10H,8H2,1H3. The molecule has 0 spiro atoms. The van der Waals surface area contributed by atoms with Crippen molar-refractivity contribution in [3.63, 3.8) is 0 Å². The number of halogens is 5. The fourth-order valence-corrected chi connectivity index (χ4v) is 3.15. The minimum absolute atomic E-state index is 0.00657. The predicted octanol–water partition coefficient (Wildman–Crippen LogP) is 4.33. The Morgan fingerprint density at radius 2 is 1.76 bits per heavy atom. The van der Waals surface area contributed by atoms with E-state index in [0.717, 1.165) is 25.6 Å². The van der Waals surface area contributed by atoms with Crippen molar-refractivity contribution in [2.45, 2.75) is 12.7 Å². The van der Waals surface area contributed by atoms with Crippen LogP contribution in [-0.4, -0.2) is 26.6 Å². The van der Waals surface area contributed by atoms with Crippen molar-refractivity contribution in [1.29, 1.82) is 0 Å². The number of hydrogen-bond donors (Lipinski definition) is 0. The Morgan fingerprint density at radius 1 is 1.00 bits per heavy atom. The fraction of sp³-hybridized carbons (Fsp3) is 0.143. The number of benzene rings is 2. The van der Waals surface area contributed by atoms with Crippen LogP contribution in [0, 0.1) is 11.6 Å². The normalized spacial score (nSPS) is 11.6. The van der Waals surface area contributed by atoms with Gasteiger partial charge in [0.1, 0.15) is 23.7 Å². The Labute approximate surface area is 182 Å². The summed E-state index contributed by atoms with van der Waals surface area (Å²) >= 11 is 0. The molecule has 0 fully saturated rings. The first-order valence-electron chi connectivity index (χ1n) is 9.24. The number of aromatic nitrogens is 4. The molecule has 0 saturated carbocycles. The first kappa shape index (κ1) is 22.1.